The first kappa shape index (κ1) is 24.9. The van der Waals surface area contributed by atoms with Crippen molar-refractivity contribution in [3.8, 4) is 11.5 Å². The molecule has 2 aromatic rings. The van der Waals surface area contributed by atoms with E-state index < -0.39 is 39.9 Å². The van der Waals surface area contributed by atoms with Gasteiger partial charge in [-0.25, -0.2) is 4.79 Å². The summed E-state index contributed by atoms with van der Waals surface area (Å²) < 4.78 is 53.4. The SMILES string of the molecule is CC(C)C(=O)OCCOC(=O)c1cc(Oc2ccc(C(F)(F)F)cc2Cl)ccc1[N+](=O)[O-]. The van der Waals surface area contributed by atoms with Gasteiger partial charge in [0.2, 0.25) is 0 Å². The van der Waals surface area contributed by atoms with E-state index in [1.165, 1.54) is 0 Å². The summed E-state index contributed by atoms with van der Waals surface area (Å²) in [4.78, 5) is 34.1. The second-order valence-corrected chi connectivity index (χ2v) is 7.05. The third-order valence-electron chi connectivity index (χ3n) is 3.90. The molecule has 0 spiro atoms. The molecule has 12 heteroatoms. The number of rotatable bonds is 8. The minimum atomic E-state index is -4.60. The first-order chi connectivity index (χ1) is 14.9. The largest absolute Gasteiger partial charge is 0.462 e. The zero-order valence-electron chi connectivity index (χ0n) is 16.8. The molecule has 0 saturated carbocycles. The van der Waals surface area contributed by atoms with Crippen LogP contribution in [0.5, 0.6) is 11.5 Å². The van der Waals surface area contributed by atoms with E-state index in [0.29, 0.717) is 6.07 Å². The van der Waals surface area contributed by atoms with Crippen LogP contribution in [0.2, 0.25) is 5.02 Å². The predicted molar refractivity (Wildman–Crippen MR) is 106 cm³/mol. The Morgan fingerprint density at radius 1 is 1.09 bits per heavy atom. The van der Waals surface area contributed by atoms with Gasteiger partial charge >= 0.3 is 18.1 Å². The van der Waals surface area contributed by atoms with Gasteiger partial charge in [0, 0.05) is 12.1 Å². The molecular weight excluding hydrogens is 459 g/mol. The van der Waals surface area contributed by atoms with Crippen LogP contribution in [0.25, 0.3) is 0 Å². The molecule has 0 heterocycles. The fourth-order valence-electron chi connectivity index (χ4n) is 2.31. The van der Waals surface area contributed by atoms with Crippen molar-refractivity contribution < 1.29 is 41.9 Å². The highest BCUT2D eigenvalue weighted by molar-refractivity contribution is 6.32. The van der Waals surface area contributed by atoms with E-state index in [4.69, 9.17) is 25.8 Å². The lowest BCUT2D eigenvalue weighted by atomic mass is 10.1. The Bertz CT molecular complexity index is 1020. The Balaban J connectivity index is 2.18. The summed E-state index contributed by atoms with van der Waals surface area (Å²) in [6.07, 6.45) is -4.60. The van der Waals surface area contributed by atoms with Crippen LogP contribution in [0, 0.1) is 16.0 Å². The Kier molecular flexibility index (Phi) is 8.03. The van der Waals surface area contributed by atoms with Crippen molar-refractivity contribution in [1.29, 1.82) is 0 Å². The fraction of sp³-hybridized carbons (Fsp3) is 0.300. The number of carbonyl (C=O) groups is 2. The molecule has 0 radical (unpaired) electrons. The highest BCUT2D eigenvalue weighted by Crippen LogP contribution is 2.37. The number of hydrogen-bond donors (Lipinski definition) is 0. The minimum absolute atomic E-state index is 0.101. The first-order valence-corrected chi connectivity index (χ1v) is 9.44. The number of alkyl halides is 3. The number of benzene rings is 2. The molecule has 8 nitrogen and oxygen atoms in total. The lowest BCUT2D eigenvalue weighted by Gasteiger charge is -2.12. The van der Waals surface area contributed by atoms with E-state index in [1.54, 1.807) is 13.8 Å². The Morgan fingerprint density at radius 2 is 1.75 bits per heavy atom. The average Bonchev–Trinajstić information content (AvgIpc) is 2.71. The van der Waals surface area contributed by atoms with Crippen LogP contribution in [-0.4, -0.2) is 30.1 Å². The molecule has 0 unspecified atom stereocenters. The van der Waals surface area contributed by atoms with Gasteiger partial charge in [-0.15, -0.1) is 0 Å². The number of nitrogens with zero attached hydrogens (tertiary/aromatic N) is 1. The average molecular weight is 476 g/mol. The standard InChI is InChI=1S/C20H17ClF3NO7/c1-11(2)18(26)30-7-8-31-19(27)14-10-13(4-5-16(14)25(28)29)32-17-6-3-12(9-15(17)21)20(22,23)24/h3-6,9-11H,7-8H2,1-2H3. The molecule has 0 bridgehead atoms. The van der Waals surface area contributed by atoms with Crippen molar-refractivity contribution in [2.75, 3.05) is 13.2 Å². The van der Waals surface area contributed by atoms with Crippen LogP contribution in [0.3, 0.4) is 0 Å². The molecule has 0 saturated heterocycles. The smallest absolute Gasteiger partial charge is 0.416 e. The third-order valence-corrected chi connectivity index (χ3v) is 4.20. The van der Waals surface area contributed by atoms with Crippen molar-refractivity contribution in [2.24, 2.45) is 5.92 Å². The third kappa shape index (κ3) is 6.58. The summed E-state index contributed by atoms with van der Waals surface area (Å²) in [6.45, 7) is 2.65. The maximum atomic E-state index is 12.8. The van der Waals surface area contributed by atoms with Crippen LogP contribution in [-0.2, 0) is 20.4 Å². The molecular formula is C20H17ClF3NO7. The first-order valence-electron chi connectivity index (χ1n) is 9.07. The van der Waals surface area contributed by atoms with Gasteiger partial charge in [0.15, 0.2) is 0 Å². The van der Waals surface area contributed by atoms with E-state index in [-0.39, 0.29) is 35.7 Å². The number of carbonyl (C=O) groups excluding carboxylic acids is 2. The molecule has 0 fully saturated rings. The van der Waals surface area contributed by atoms with Crippen LogP contribution >= 0.6 is 11.6 Å². The van der Waals surface area contributed by atoms with Crippen molar-refractivity contribution >= 4 is 29.2 Å². The zero-order chi connectivity index (χ0) is 24.1. The van der Waals surface area contributed by atoms with Gasteiger partial charge < -0.3 is 14.2 Å². The predicted octanol–water partition coefficient (Wildman–Crippen LogP) is 5.42. The van der Waals surface area contributed by atoms with Gasteiger partial charge in [-0.3, -0.25) is 14.9 Å². The molecule has 172 valence electrons. The molecule has 2 aromatic carbocycles. The number of hydrogen-bond acceptors (Lipinski definition) is 7. The monoisotopic (exact) mass is 475 g/mol. The van der Waals surface area contributed by atoms with Gasteiger partial charge in [0.05, 0.1) is 21.4 Å². The number of nitro groups is 1. The molecule has 0 aromatic heterocycles. The van der Waals surface area contributed by atoms with E-state index in [0.717, 1.165) is 30.3 Å². The Labute approximate surface area is 185 Å². The molecule has 0 amide bonds. The van der Waals surface area contributed by atoms with Crippen LogP contribution in [0.1, 0.15) is 29.8 Å². The van der Waals surface area contributed by atoms with Gasteiger partial charge in [0.1, 0.15) is 30.3 Å². The van der Waals surface area contributed by atoms with Crippen molar-refractivity contribution in [3.05, 3.63) is 62.7 Å². The molecule has 0 aliphatic rings. The maximum absolute atomic E-state index is 12.8. The Morgan fingerprint density at radius 3 is 2.31 bits per heavy atom. The summed E-state index contributed by atoms with van der Waals surface area (Å²) in [5.74, 6) is -2.22. The lowest BCUT2D eigenvalue weighted by Crippen LogP contribution is -2.17. The fourth-order valence-corrected chi connectivity index (χ4v) is 2.53. The second-order valence-electron chi connectivity index (χ2n) is 6.64. The maximum Gasteiger partial charge on any atom is 0.416 e. The molecule has 2 rings (SSSR count). The summed E-state index contributed by atoms with van der Waals surface area (Å²) >= 11 is 5.84. The van der Waals surface area contributed by atoms with E-state index in [1.807, 2.05) is 0 Å². The zero-order valence-corrected chi connectivity index (χ0v) is 17.5. The van der Waals surface area contributed by atoms with Gasteiger partial charge in [-0.2, -0.15) is 13.2 Å². The summed E-state index contributed by atoms with van der Waals surface area (Å²) in [5, 5.41) is 10.9. The summed E-state index contributed by atoms with van der Waals surface area (Å²) in [5.41, 5.74) is -2.04. The molecule has 0 atom stereocenters. The molecule has 0 aliphatic carbocycles. The quantitative estimate of drug-likeness (QED) is 0.217. The van der Waals surface area contributed by atoms with Crippen molar-refractivity contribution in [3.63, 3.8) is 0 Å². The summed E-state index contributed by atoms with van der Waals surface area (Å²) in [6, 6.07) is 5.51. The van der Waals surface area contributed by atoms with E-state index in [9.17, 15) is 32.9 Å². The minimum Gasteiger partial charge on any atom is -0.462 e. The topological polar surface area (TPSA) is 105 Å². The van der Waals surface area contributed by atoms with Gasteiger partial charge in [0.25, 0.3) is 5.69 Å². The van der Waals surface area contributed by atoms with Gasteiger partial charge in [-0.1, -0.05) is 25.4 Å². The van der Waals surface area contributed by atoms with Crippen LogP contribution in [0.4, 0.5) is 18.9 Å². The highest BCUT2D eigenvalue weighted by atomic mass is 35.5. The lowest BCUT2D eigenvalue weighted by molar-refractivity contribution is -0.385. The van der Waals surface area contributed by atoms with Crippen LogP contribution < -0.4 is 4.74 Å². The normalized spacial score (nSPS) is 11.2. The highest BCUT2D eigenvalue weighted by Gasteiger charge is 2.31. The number of halogens is 4. The number of nitro benzene ring substituents is 1. The van der Waals surface area contributed by atoms with Crippen LogP contribution in [0.15, 0.2) is 36.4 Å². The number of ether oxygens (including phenoxy) is 3. The molecule has 0 N–H and O–H groups in total. The number of esters is 2. The molecule has 0 aliphatic heterocycles. The van der Waals surface area contributed by atoms with Crippen molar-refractivity contribution in [2.45, 2.75) is 20.0 Å². The second kappa shape index (κ2) is 10.3. The van der Waals surface area contributed by atoms with E-state index in [2.05, 4.69) is 0 Å². The van der Waals surface area contributed by atoms with E-state index >= 15 is 0 Å². The Hall–Kier alpha value is -3.34. The van der Waals surface area contributed by atoms with Gasteiger partial charge in [-0.05, 0) is 24.3 Å². The molecule has 32 heavy (non-hydrogen) atoms. The van der Waals surface area contributed by atoms with Crippen molar-refractivity contribution in [1.82, 2.24) is 0 Å². The summed E-state index contributed by atoms with van der Waals surface area (Å²) in [7, 11) is 0.